The van der Waals surface area contributed by atoms with Gasteiger partial charge in [0, 0.05) is 17.8 Å². The number of pyridine rings is 1. The van der Waals surface area contributed by atoms with Crippen molar-refractivity contribution in [1.29, 1.82) is 0 Å². The van der Waals surface area contributed by atoms with E-state index in [9.17, 15) is 10.0 Å². The van der Waals surface area contributed by atoms with Crippen LogP contribution in [-0.4, -0.2) is 13.0 Å². The Morgan fingerprint density at radius 1 is 1.04 bits per heavy atom. The molecule has 0 spiro atoms. The number of ether oxygens (including phenoxy) is 1. The van der Waals surface area contributed by atoms with E-state index in [1.54, 1.807) is 49.6 Å². The summed E-state index contributed by atoms with van der Waals surface area (Å²) in [7, 11) is 1.59. The lowest BCUT2D eigenvalue weighted by Gasteiger charge is -2.16. The average Bonchev–Trinajstić information content (AvgIpc) is 2.68. The van der Waals surface area contributed by atoms with Gasteiger partial charge in [0.2, 0.25) is 5.91 Å². The molecule has 0 bridgehead atoms. The van der Waals surface area contributed by atoms with Gasteiger partial charge < -0.3 is 15.3 Å². The second-order valence-electron chi connectivity index (χ2n) is 5.49. The van der Waals surface area contributed by atoms with Gasteiger partial charge in [-0.15, -0.1) is 0 Å². The molecule has 0 radical (unpaired) electrons. The van der Waals surface area contributed by atoms with Gasteiger partial charge in [0.1, 0.15) is 11.0 Å². The highest BCUT2D eigenvalue weighted by Crippen LogP contribution is 2.34. The average molecular weight is 366 g/mol. The number of thioether (sulfide) groups is 1. The Morgan fingerprint density at radius 3 is 2.38 bits per heavy atom. The Morgan fingerprint density at radius 2 is 1.73 bits per heavy atom. The molecule has 0 saturated carbocycles. The third kappa shape index (κ3) is 4.34. The van der Waals surface area contributed by atoms with E-state index in [1.165, 1.54) is 18.0 Å². The van der Waals surface area contributed by atoms with Gasteiger partial charge in [-0.2, -0.15) is 4.73 Å². The van der Waals surface area contributed by atoms with Gasteiger partial charge in [0.25, 0.3) is 5.03 Å². The summed E-state index contributed by atoms with van der Waals surface area (Å²) in [6.45, 7) is 0. The van der Waals surface area contributed by atoms with Crippen LogP contribution in [0.3, 0.4) is 0 Å². The lowest BCUT2D eigenvalue weighted by molar-refractivity contribution is -0.645. The molecular weight excluding hydrogens is 348 g/mol. The van der Waals surface area contributed by atoms with E-state index in [0.717, 1.165) is 10.3 Å². The van der Waals surface area contributed by atoms with Crippen molar-refractivity contribution in [1.82, 2.24) is 0 Å². The molecule has 3 rings (SSSR count). The zero-order chi connectivity index (χ0) is 18.4. The number of aromatic nitrogens is 1. The third-order valence-electron chi connectivity index (χ3n) is 3.73. The monoisotopic (exact) mass is 366 g/mol. The number of hydrogen-bond donors (Lipinski definition) is 1. The summed E-state index contributed by atoms with van der Waals surface area (Å²) in [5, 5.41) is 14.8. The zero-order valence-electron chi connectivity index (χ0n) is 14.2. The molecule has 1 unspecified atom stereocenters. The highest BCUT2D eigenvalue weighted by molar-refractivity contribution is 8.00. The van der Waals surface area contributed by atoms with Crippen LogP contribution in [0.2, 0.25) is 0 Å². The molecule has 3 aromatic rings. The maximum Gasteiger partial charge on any atom is 0.252 e. The largest absolute Gasteiger partial charge is 0.618 e. The van der Waals surface area contributed by atoms with E-state index in [1.807, 2.05) is 30.3 Å². The van der Waals surface area contributed by atoms with Gasteiger partial charge in [0.05, 0.1) is 7.11 Å². The number of methoxy groups -OCH3 is 1. The minimum absolute atomic E-state index is 0.199. The number of nitrogens with one attached hydrogen (secondary N) is 1. The normalized spacial score (nSPS) is 11.6. The van der Waals surface area contributed by atoms with Crippen molar-refractivity contribution >= 4 is 23.4 Å². The number of anilines is 1. The number of hydrogen-bond acceptors (Lipinski definition) is 4. The fraction of sp³-hybridized carbons (Fsp3) is 0.100. The van der Waals surface area contributed by atoms with Crippen LogP contribution in [0.1, 0.15) is 10.8 Å². The maximum absolute atomic E-state index is 12.9. The van der Waals surface area contributed by atoms with Crippen molar-refractivity contribution < 1.29 is 14.3 Å². The molecule has 1 atom stereocenters. The second kappa shape index (κ2) is 8.40. The Kier molecular flexibility index (Phi) is 5.76. The Balaban J connectivity index is 1.84. The van der Waals surface area contributed by atoms with Crippen LogP contribution in [-0.2, 0) is 4.79 Å². The minimum Gasteiger partial charge on any atom is -0.618 e. The smallest absolute Gasteiger partial charge is 0.252 e. The first-order valence-corrected chi connectivity index (χ1v) is 8.90. The highest BCUT2D eigenvalue weighted by Gasteiger charge is 2.25. The first-order valence-electron chi connectivity index (χ1n) is 8.02. The summed E-state index contributed by atoms with van der Waals surface area (Å²) in [5.74, 6) is 0.517. The van der Waals surface area contributed by atoms with Crippen molar-refractivity contribution in [3.63, 3.8) is 0 Å². The SMILES string of the molecule is COc1ccc(NC(=O)C(Sc2cccc[n+]2[O-])c2ccccc2)cc1. The fourth-order valence-electron chi connectivity index (χ4n) is 2.41. The van der Waals surface area contributed by atoms with Crippen LogP contribution < -0.4 is 14.8 Å². The molecule has 1 aromatic heterocycles. The number of nitrogens with zero attached hydrogens (tertiary/aromatic N) is 1. The van der Waals surface area contributed by atoms with Crippen molar-refractivity contribution in [2.75, 3.05) is 12.4 Å². The van der Waals surface area contributed by atoms with Gasteiger partial charge in [-0.3, -0.25) is 4.79 Å². The fourth-order valence-corrected chi connectivity index (χ4v) is 3.43. The molecule has 1 N–H and O–H groups in total. The van der Waals surface area contributed by atoms with Crippen LogP contribution in [0.5, 0.6) is 5.75 Å². The van der Waals surface area contributed by atoms with E-state index >= 15 is 0 Å². The molecule has 1 amide bonds. The molecule has 26 heavy (non-hydrogen) atoms. The van der Waals surface area contributed by atoms with E-state index in [0.29, 0.717) is 16.5 Å². The molecule has 0 saturated heterocycles. The quantitative estimate of drug-likeness (QED) is 0.409. The number of amides is 1. The first-order chi connectivity index (χ1) is 12.7. The molecule has 0 aliphatic carbocycles. The second-order valence-corrected chi connectivity index (χ2v) is 6.62. The van der Waals surface area contributed by atoms with Crippen molar-refractivity contribution in [2.45, 2.75) is 10.3 Å². The molecule has 5 nitrogen and oxygen atoms in total. The topological polar surface area (TPSA) is 65.3 Å². The lowest BCUT2D eigenvalue weighted by atomic mass is 10.1. The summed E-state index contributed by atoms with van der Waals surface area (Å²) in [5.41, 5.74) is 1.49. The number of benzene rings is 2. The van der Waals surface area contributed by atoms with Gasteiger partial charge in [-0.1, -0.05) is 30.3 Å². The van der Waals surface area contributed by atoms with Gasteiger partial charge in [-0.25, -0.2) is 0 Å². The van der Waals surface area contributed by atoms with E-state index in [-0.39, 0.29) is 5.91 Å². The van der Waals surface area contributed by atoms with Crippen molar-refractivity contribution in [3.05, 3.63) is 89.8 Å². The maximum atomic E-state index is 12.9. The first kappa shape index (κ1) is 17.8. The summed E-state index contributed by atoms with van der Waals surface area (Å²) in [4.78, 5) is 12.9. The lowest BCUT2D eigenvalue weighted by Crippen LogP contribution is -2.29. The molecule has 0 aliphatic heterocycles. The minimum atomic E-state index is -0.555. The van der Waals surface area contributed by atoms with Crippen LogP contribution in [0, 0.1) is 5.21 Å². The van der Waals surface area contributed by atoms with Crippen LogP contribution >= 0.6 is 11.8 Å². The molecule has 0 aliphatic rings. The number of rotatable bonds is 6. The predicted molar refractivity (Wildman–Crippen MR) is 102 cm³/mol. The molecule has 2 aromatic carbocycles. The van der Waals surface area contributed by atoms with Gasteiger partial charge in [-0.05, 0) is 47.7 Å². The molecule has 1 heterocycles. The number of carbonyl (C=O) groups excluding carboxylic acids is 1. The van der Waals surface area contributed by atoms with Crippen LogP contribution in [0.4, 0.5) is 5.69 Å². The molecule has 6 heteroatoms. The van der Waals surface area contributed by atoms with E-state index in [4.69, 9.17) is 4.74 Å². The van der Waals surface area contributed by atoms with Gasteiger partial charge >= 0.3 is 0 Å². The van der Waals surface area contributed by atoms with Gasteiger partial charge in [0.15, 0.2) is 6.20 Å². The standard InChI is InChI=1S/C20H18N2O3S/c1-25-17-12-10-16(11-13-17)21-20(23)19(15-7-3-2-4-8-15)26-18-9-5-6-14-22(18)24/h2-14,19H,1H3,(H,21,23). The van der Waals surface area contributed by atoms with Crippen LogP contribution in [0.25, 0.3) is 0 Å². The van der Waals surface area contributed by atoms with E-state index in [2.05, 4.69) is 5.32 Å². The number of carbonyl (C=O) groups is 1. The van der Waals surface area contributed by atoms with Crippen LogP contribution in [0.15, 0.2) is 84.0 Å². The summed E-state index contributed by atoms with van der Waals surface area (Å²) in [6, 6.07) is 21.7. The summed E-state index contributed by atoms with van der Waals surface area (Å²) < 4.78 is 5.89. The Bertz CT molecular complexity index is 870. The third-order valence-corrected chi connectivity index (χ3v) is 5.00. The highest BCUT2D eigenvalue weighted by atomic mass is 32.2. The summed E-state index contributed by atoms with van der Waals surface area (Å²) in [6.07, 6.45) is 1.42. The Labute approximate surface area is 156 Å². The molecule has 132 valence electrons. The van der Waals surface area contributed by atoms with E-state index < -0.39 is 5.25 Å². The predicted octanol–water partition coefficient (Wildman–Crippen LogP) is 3.80. The molecular formula is C20H18N2O3S. The summed E-state index contributed by atoms with van der Waals surface area (Å²) >= 11 is 1.22. The molecule has 0 fully saturated rings. The Hall–Kier alpha value is -2.99. The zero-order valence-corrected chi connectivity index (χ0v) is 15.0. The van der Waals surface area contributed by atoms with Crippen molar-refractivity contribution in [3.8, 4) is 5.75 Å². The van der Waals surface area contributed by atoms with Crippen molar-refractivity contribution in [2.24, 2.45) is 0 Å².